The van der Waals surface area contributed by atoms with E-state index in [0.717, 1.165) is 6.42 Å². The quantitative estimate of drug-likeness (QED) is 0.674. The molecule has 0 radical (unpaired) electrons. The van der Waals surface area contributed by atoms with Crippen LogP contribution in [0.4, 0.5) is 0 Å². The zero-order valence-electron chi connectivity index (χ0n) is 8.76. The van der Waals surface area contributed by atoms with Crippen LogP contribution in [0.1, 0.15) is 17.4 Å². The van der Waals surface area contributed by atoms with Gasteiger partial charge in [-0.2, -0.15) is 0 Å². The number of rotatable bonds is 2. The summed E-state index contributed by atoms with van der Waals surface area (Å²) in [4.78, 5) is 2.93. The highest BCUT2D eigenvalue weighted by molar-refractivity contribution is 7.98. The van der Waals surface area contributed by atoms with Crippen molar-refractivity contribution < 1.29 is 0 Å². The molecule has 1 aromatic carbocycles. The zero-order valence-corrected chi connectivity index (χ0v) is 10.4. The third-order valence-corrected chi connectivity index (χ3v) is 4.65. The SMILES string of the molecule is CCc1cc2c(SC)c(C)ccc2s1. The van der Waals surface area contributed by atoms with Crippen LogP contribution in [-0.2, 0) is 6.42 Å². The van der Waals surface area contributed by atoms with Gasteiger partial charge in [-0.1, -0.05) is 13.0 Å². The van der Waals surface area contributed by atoms with Gasteiger partial charge in [-0.3, -0.25) is 0 Å². The summed E-state index contributed by atoms with van der Waals surface area (Å²) in [5.74, 6) is 0. The molecule has 0 N–H and O–H groups in total. The van der Waals surface area contributed by atoms with Crippen LogP contribution in [0.25, 0.3) is 10.1 Å². The predicted molar refractivity (Wildman–Crippen MR) is 67.7 cm³/mol. The fourth-order valence-corrected chi connectivity index (χ4v) is 3.55. The maximum absolute atomic E-state index is 2.35. The van der Waals surface area contributed by atoms with Gasteiger partial charge in [-0.15, -0.1) is 23.1 Å². The summed E-state index contributed by atoms with van der Waals surface area (Å²) in [7, 11) is 0. The lowest BCUT2D eigenvalue weighted by Gasteiger charge is -2.02. The Morgan fingerprint density at radius 1 is 1.36 bits per heavy atom. The van der Waals surface area contributed by atoms with Crippen molar-refractivity contribution in [2.45, 2.75) is 25.2 Å². The van der Waals surface area contributed by atoms with Gasteiger partial charge in [-0.05, 0) is 37.3 Å². The van der Waals surface area contributed by atoms with Gasteiger partial charge in [0.25, 0.3) is 0 Å². The van der Waals surface area contributed by atoms with E-state index in [1.165, 1.54) is 25.4 Å². The van der Waals surface area contributed by atoms with E-state index in [1.807, 2.05) is 23.1 Å². The van der Waals surface area contributed by atoms with Crippen molar-refractivity contribution in [1.82, 2.24) is 0 Å². The summed E-state index contributed by atoms with van der Waals surface area (Å²) < 4.78 is 1.43. The van der Waals surface area contributed by atoms with E-state index in [4.69, 9.17) is 0 Å². The summed E-state index contributed by atoms with van der Waals surface area (Å²) >= 11 is 3.78. The van der Waals surface area contributed by atoms with Crippen molar-refractivity contribution in [2.24, 2.45) is 0 Å². The first kappa shape index (κ1) is 10.1. The number of benzene rings is 1. The maximum Gasteiger partial charge on any atom is 0.0357 e. The highest BCUT2D eigenvalue weighted by Gasteiger charge is 2.06. The van der Waals surface area contributed by atoms with Gasteiger partial charge in [0, 0.05) is 19.9 Å². The molecule has 0 unspecified atom stereocenters. The van der Waals surface area contributed by atoms with E-state index in [9.17, 15) is 0 Å². The zero-order chi connectivity index (χ0) is 10.1. The van der Waals surface area contributed by atoms with E-state index in [1.54, 1.807) is 0 Å². The molecule has 0 atom stereocenters. The molecular weight excluding hydrogens is 208 g/mol. The topological polar surface area (TPSA) is 0 Å². The molecule has 2 aromatic rings. The lowest BCUT2D eigenvalue weighted by atomic mass is 10.2. The van der Waals surface area contributed by atoms with E-state index in [0.29, 0.717) is 0 Å². The smallest absolute Gasteiger partial charge is 0.0357 e. The minimum Gasteiger partial charge on any atom is -0.140 e. The first-order valence-electron chi connectivity index (χ1n) is 4.82. The molecule has 2 rings (SSSR count). The Hall–Kier alpha value is -0.470. The van der Waals surface area contributed by atoms with Gasteiger partial charge in [0.15, 0.2) is 0 Å². The Morgan fingerprint density at radius 3 is 2.79 bits per heavy atom. The Balaban J connectivity index is 2.73. The summed E-state index contributed by atoms with van der Waals surface area (Å²) in [6, 6.07) is 6.82. The Labute approximate surface area is 93.3 Å². The van der Waals surface area contributed by atoms with Crippen LogP contribution in [-0.4, -0.2) is 6.26 Å². The fourth-order valence-electron chi connectivity index (χ4n) is 1.69. The molecule has 0 aliphatic carbocycles. The average Bonchev–Trinajstić information content (AvgIpc) is 2.60. The molecule has 0 aliphatic rings. The van der Waals surface area contributed by atoms with Crippen molar-refractivity contribution in [1.29, 1.82) is 0 Å². The first-order valence-corrected chi connectivity index (χ1v) is 6.86. The van der Waals surface area contributed by atoms with Crippen LogP contribution in [0.3, 0.4) is 0 Å². The highest BCUT2D eigenvalue weighted by atomic mass is 32.2. The Bertz CT molecular complexity index is 455. The minimum atomic E-state index is 1.15. The minimum absolute atomic E-state index is 1.15. The standard InChI is InChI=1S/C12H14S2/c1-4-9-7-10-11(14-9)6-5-8(2)12(10)13-3/h5-7H,4H2,1-3H3. The van der Waals surface area contributed by atoms with Crippen LogP contribution >= 0.6 is 23.1 Å². The Kier molecular flexibility index (Phi) is 2.84. The van der Waals surface area contributed by atoms with E-state index in [2.05, 4.69) is 38.3 Å². The van der Waals surface area contributed by atoms with Crippen LogP contribution in [0.15, 0.2) is 23.1 Å². The number of fused-ring (bicyclic) bond motifs is 1. The van der Waals surface area contributed by atoms with Crippen LogP contribution in [0.2, 0.25) is 0 Å². The van der Waals surface area contributed by atoms with Gasteiger partial charge < -0.3 is 0 Å². The van der Waals surface area contributed by atoms with Crippen molar-refractivity contribution >= 4 is 33.2 Å². The molecule has 1 aromatic heterocycles. The highest BCUT2D eigenvalue weighted by Crippen LogP contribution is 2.35. The lowest BCUT2D eigenvalue weighted by molar-refractivity contribution is 1.19. The average molecular weight is 222 g/mol. The molecule has 74 valence electrons. The van der Waals surface area contributed by atoms with E-state index in [-0.39, 0.29) is 0 Å². The molecule has 2 heteroatoms. The van der Waals surface area contributed by atoms with Crippen molar-refractivity contribution in [3.8, 4) is 0 Å². The second kappa shape index (κ2) is 3.95. The van der Waals surface area contributed by atoms with Crippen LogP contribution in [0, 0.1) is 6.92 Å². The molecule has 0 spiro atoms. The monoisotopic (exact) mass is 222 g/mol. The van der Waals surface area contributed by atoms with Gasteiger partial charge in [0.05, 0.1) is 0 Å². The van der Waals surface area contributed by atoms with E-state index < -0.39 is 0 Å². The molecule has 0 nitrogen and oxygen atoms in total. The molecule has 1 heterocycles. The van der Waals surface area contributed by atoms with Crippen LogP contribution in [0.5, 0.6) is 0 Å². The van der Waals surface area contributed by atoms with Gasteiger partial charge in [0.1, 0.15) is 0 Å². The van der Waals surface area contributed by atoms with Crippen molar-refractivity contribution in [3.63, 3.8) is 0 Å². The molecule has 0 amide bonds. The van der Waals surface area contributed by atoms with Crippen LogP contribution < -0.4 is 0 Å². The van der Waals surface area contributed by atoms with Gasteiger partial charge >= 0.3 is 0 Å². The molecule has 0 fully saturated rings. The molecule has 14 heavy (non-hydrogen) atoms. The first-order chi connectivity index (χ1) is 6.76. The molecule has 0 aliphatic heterocycles. The molecule has 0 saturated carbocycles. The van der Waals surface area contributed by atoms with Gasteiger partial charge in [-0.25, -0.2) is 0 Å². The number of aryl methyl sites for hydroxylation is 2. The second-order valence-corrected chi connectivity index (χ2v) is 5.38. The fraction of sp³-hybridized carbons (Fsp3) is 0.333. The number of thioether (sulfide) groups is 1. The number of hydrogen-bond donors (Lipinski definition) is 0. The largest absolute Gasteiger partial charge is 0.140 e. The van der Waals surface area contributed by atoms with Crippen molar-refractivity contribution in [2.75, 3.05) is 6.26 Å². The lowest BCUT2D eigenvalue weighted by Crippen LogP contribution is -1.78. The third kappa shape index (κ3) is 1.57. The maximum atomic E-state index is 2.35. The predicted octanol–water partition coefficient (Wildman–Crippen LogP) is 4.49. The van der Waals surface area contributed by atoms with E-state index >= 15 is 0 Å². The summed E-state index contributed by atoms with van der Waals surface area (Å²) in [5.41, 5.74) is 1.39. The summed E-state index contributed by atoms with van der Waals surface area (Å²) in [5, 5.41) is 1.44. The molecular formula is C12H14S2. The van der Waals surface area contributed by atoms with Crippen molar-refractivity contribution in [3.05, 3.63) is 28.6 Å². The number of thiophene rings is 1. The Morgan fingerprint density at radius 2 is 2.14 bits per heavy atom. The molecule has 0 saturated heterocycles. The van der Waals surface area contributed by atoms with Gasteiger partial charge in [0.2, 0.25) is 0 Å². The third-order valence-electron chi connectivity index (χ3n) is 2.45. The summed E-state index contributed by atoms with van der Waals surface area (Å²) in [6.07, 6.45) is 3.30. The summed E-state index contributed by atoms with van der Waals surface area (Å²) in [6.45, 7) is 4.41. The second-order valence-electron chi connectivity index (χ2n) is 3.39. The normalized spacial score (nSPS) is 11.1. The number of hydrogen-bond acceptors (Lipinski definition) is 2. The molecule has 0 bridgehead atoms.